The van der Waals surface area contributed by atoms with Crippen molar-refractivity contribution in [3.05, 3.63) is 58.3 Å². The lowest BCUT2D eigenvalue weighted by Gasteiger charge is -2.17. The number of rotatable bonds is 6. The molecule has 0 fully saturated rings. The monoisotopic (exact) mass is 303 g/mol. The molecule has 0 aliphatic rings. The van der Waals surface area contributed by atoms with Crippen molar-refractivity contribution in [2.45, 2.75) is 12.5 Å². The molecule has 0 aliphatic carbocycles. The number of thiophene rings is 1. The van der Waals surface area contributed by atoms with E-state index in [9.17, 15) is 9.59 Å². The topological polar surface area (TPSA) is 84.2 Å². The summed E-state index contributed by atoms with van der Waals surface area (Å²) < 4.78 is 0. The smallest absolute Gasteiger partial charge is 0.318 e. The van der Waals surface area contributed by atoms with Gasteiger partial charge in [-0.05, 0) is 23.4 Å². The number of carbonyl (C=O) groups is 2. The summed E-state index contributed by atoms with van der Waals surface area (Å²) in [5.74, 6) is -0.445. The third-order valence-electron chi connectivity index (χ3n) is 2.94. The SMILES string of the molecule is NC(=O)NC(=O)[C@@H](NCCc1cccs1)c1ccccc1. The minimum absolute atomic E-state index is 0.445. The van der Waals surface area contributed by atoms with Gasteiger partial charge in [-0.3, -0.25) is 10.1 Å². The molecule has 0 saturated carbocycles. The molecule has 2 rings (SSSR count). The van der Waals surface area contributed by atoms with Crippen molar-refractivity contribution in [1.29, 1.82) is 0 Å². The predicted molar refractivity (Wildman–Crippen MR) is 82.9 cm³/mol. The van der Waals surface area contributed by atoms with Gasteiger partial charge in [-0.2, -0.15) is 0 Å². The van der Waals surface area contributed by atoms with Gasteiger partial charge in [0.05, 0.1) is 0 Å². The Morgan fingerprint density at radius 2 is 1.90 bits per heavy atom. The number of hydrogen-bond donors (Lipinski definition) is 3. The standard InChI is InChI=1S/C15H17N3O2S/c16-15(20)18-14(19)13(11-5-2-1-3-6-11)17-9-8-12-7-4-10-21-12/h1-7,10,13,17H,8-9H2,(H3,16,18,19,20)/t13-/m0/s1. The Labute approximate surface area is 127 Å². The van der Waals surface area contributed by atoms with Crippen LogP contribution in [0.3, 0.4) is 0 Å². The van der Waals surface area contributed by atoms with Gasteiger partial charge in [-0.15, -0.1) is 11.3 Å². The Hall–Kier alpha value is -2.18. The van der Waals surface area contributed by atoms with Crippen LogP contribution in [0.2, 0.25) is 0 Å². The van der Waals surface area contributed by atoms with Crippen molar-refractivity contribution in [3.63, 3.8) is 0 Å². The molecule has 0 radical (unpaired) electrons. The van der Waals surface area contributed by atoms with Gasteiger partial charge in [-0.1, -0.05) is 36.4 Å². The van der Waals surface area contributed by atoms with E-state index in [-0.39, 0.29) is 0 Å². The van der Waals surface area contributed by atoms with Crippen LogP contribution >= 0.6 is 11.3 Å². The average Bonchev–Trinajstić information content (AvgIpc) is 2.97. The molecule has 1 aromatic carbocycles. The predicted octanol–water partition coefficient (Wildman–Crippen LogP) is 1.82. The molecule has 0 spiro atoms. The van der Waals surface area contributed by atoms with Crippen LogP contribution in [-0.4, -0.2) is 18.5 Å². The molecule has 1 aromatic heterocycles. The Balaban J connectivity index is 2.01. The Morgan fingerprint density at radius 3 is 2.52 bits per heavy atom. The molecule has 4 N–H and O–H groups in total. The quantitative estimate of drug-likeness (QED) is 0.761. The number of hydrogen-bond acceptors (Lipinski definition) is 4. The first-order chi connectivity index (χ1) is 10.2. The second-order valence-electron chi connectivity index (χ2n) is 4.48. The molecule has 110 valence electrons. The number of amides is 3. The fraction of sp³-hybridized carbons (Fsp3) is 0.200. The summed E-state index contributed by atoms with van der Waals surface area (Å²) in [5, 5.41) is 7.31. The van der Waals surface area contributed by atoms with Crippen molar-refractivity contribution in [2.24, 2.45) is 5.73 Å². The maximum Gasteiger partial charge on any atom is 0.318 e. The van der Waals surface area contributed by atoms with Crippen molar-refractivity contribution >= 4 is 23.3 Å². The highest BCUT2D eigenvalue weighted by molar-refractivity contribution is 7.09. The third-order valence-corrected chi connectivity index (χ3v) is 3.88. The summed E-state index contributed by atoms with van der Waals surface area (Å²) >= 11 is 1.67. The number of benzene rings is 1. The number of imide groups is 1. The van der Waals surface area contributed by atoms with Crippen LogP contribution < -0.4 is 16.4 Å². The van der Waals surface area contributed by atoms with Crippen molar-refractivity contribution in [2.75, 3.05) is 6.54 Å². The first-order valence-corrected chi connectivity index (χ1v) is 7.46. The van der Waals surface area contributed by atoms with Crippen LogP contribution in [-0.2, 0) is 11.2 Å². The van der Waals surface area contributed by atoms with Gasteiger partial charge in [0.25, 0.3) is 0 Å². The van der Waals surface area contributed by atoms with Crippen LogP contribution in [0.15, 0.2) is 47.8 Å². The number of carbonyl (C=O) groups excluding carboxylic acids is 2. The molecule has 3 amide bonds. The molecule has 0 unspecified atom stereocenters. The van der Waals surface area contributed by atoms with E-state index >= 15 is 0 Å². The Morgan fingerprint density at radius 1 is 1.14 bits per heavy atom. The minimum atomic E-state index is -0.846. The van der Waals surface area contributed by atoms with E-state index in [1.165, 1.54) is 4.88 Å². The second kappa shape index (κ2) is 7.56. The molecule has 1 atom stereocenters. The Kier molecular flexibility index (Phi) is 5.48. The normalized spacial score (nSPS) is 11.8. The van der Waals surface area contributed by atoms with Crippen molar-refractivity contribution in [3.8, 4) is 0 Å². The molecule has 2 aromatic rings. The molecule has 0 aliphatic heterocycles. The number of nitrogens with one attached hydrogen (secondary N) is 2. The fourth-order valence-corrected chi connectivity index (χ4v) is 2.70. The number of urea groups is 1. The van der Waals surface area contributed by atoms with Gasteiger partial charge in [0.2, 0.25) is 5.91 Å². The zero-order valence-corrected chi connectivity index (χ0v) is 12.2. The summed E-state index contributed by atoms with van der Waals surface area (Å²) in [6.45, 7) is 0.631. The van der Waals surface area contributed by atoms with Crippen LogP contribution in [0, 0.1) is 0 Å². The summed E-state index contributed by atoms with van der Waals surface area (Å²) in [6.07, 6.45) is 0.824. The van der Waals surface area contributed by atoms with Gasteiger partial charge in [0, 0.05) is 11.4 Å². The maximum absolute atomic E-state index is 12.1. The van der Waals surface area contributed by atoms with E-state index in [0.29, 0.717) is 6.54 Å². The summed E-state index contributed by atoms with van der Waals surface area (Å²) in [5.41, 5.74) is 5.81. The average molecular weight is 303 g/mol. The van der Waals surface area contributed by atoms with Gasteiger partial charge in [-0.25, -0.2) is 4.79 Å². The van der Waals surface area contributed by atoms with Gasteiger partial charge in [0.15, 0.2) is 0 Å². The van der Waals surface area contributed by atoms with E-state index in [2.05, 4.69) is 10.6 Å². The van der Waals surface area contributed by atoms with E-state index in [1.54, 1.807) is 11.3 Å². The number of nitrogens with two attached hydrogens (primary N) is 1. The molecule has 1 heterocycles. The van der Waals surface area contributed by atoms with Crippen LogP contribution in [0.5, 0.6) is 0 Å². The van der Waals surface area contributed by atoms with Gasteiger partial charge in [0.1, 0.15) is 6.04 Å². The lowest BCUT2D eigenvalue weighted by molar-refractivity contribution is -0.122. The zero-order chi connectivity index (χ0) is 15.1. The van der Waals surface area contributed by atoms with E-state index in [0.717, 1.165) is 12.0 Å². The van der Waals surface area contributed by atoms with Crippen molar-refractivity contribution < 1.29 is 9.59 Å². The molecule has 0 bridgehead atoms. The molecule has 21 heavy (non-hydrogen) atoms. The third kappa shape index (κ3) is 4.70. The minimum Gasteiger partial charge on any atom is -0.351 e. The molecule has 0 saturated heterocycles. The van der Waals surface area contributed by atoms with E-state index in [1.807, 2.05) is 47.8 Å². The van der Waals surface area contributed by atoms with Crippen LogP contribution in [0.4, 0.5) is 4.79 Å². The second-order valence-corrected chi connectivity index (χ2v) is 5.51. The molecular formula is C15H17N3O2S. The number of primary amides is 1. The lowest BCUT2D eigenvalue weighted by atomic mass is 10.1. The van der Waals surface area contributed by atoms with E-state index < -0.39 is 18.0 Å². The highest BCUT2D eigenvalue weighted by Gasteiger charge is 2.20. The first kappa shape index (κ1) is 15.2. The molecule has 6 heteroatoms. The van der Waals surface area contributed by atoms with Gasteiger partial charge >= 0.3 is 6.03 Å². The zero-order valence-electron chi connectivity index (χ0n) is 11.4. The first-order valence-electron chi connectivity index (χ1n) is 6.58. The fourth-order valence-electron chi connectivity index (χ4n) is 2.00. The summed E-state index contributed by atoms with van der Waals surface area (Å²) in [6, 6.07) is 11.8. The largest absolute Gasteiger partial charge is 0.351 e. The highest BCUT2D eigenvalue weighted by Crippen LogP contribution is 2.14. The summed E-state index contributed by atoms with van der Waals surface area (Å²) in [4.78, 5) is 24.2. The summed E-state index contributed by atoms with van der Waals surface area (Å²) in [7, 11) is 0. The van der Waals surface area contributed by atoms with E-state index in [4.69, 9.17) is 5.73 Å². The Bertz CT molecular complexity index is 584. The molecular weight excluding hydrogens is 286 g/mol. The maximum atomic E-state index is 12.1. The van der Waals surface area contributed by atoms with Gasteiger partial charge < -0.3 is 11.1 Å². The lowest BCUT2D eigenvalue weighted by Crippen LogP contribution is -2.43. The molecule has 5 nitrogen and oxygen atoms in total. The van der Waals surface area contributed by atoms with Crippen molar-refractivity contribution in [1.82, 2.24) is 10.6 Å². The van der Waals surface area contributed by atoms with Crippen LogP contribution in [0.1, 0.15) is 16.5 Å². The van der Waals surface area contributed by atoms with Crippen LogP contribution in [0.25, 0.3) is 0 Å². The highest BCUT2D eigenvalue weighted by atomic mass is 32.1.